The smallest absolute Gasteiger partial charge is 0.253 e. The number of thiophene rings is 1. The van der Waals surface area contributed by atoms with E-state index in [1.807, 2.05) is 6.92 Å². The second-order valence-electron chi connectivity index (χ2n) is 4.06. The Labute approximate surface area is 109 Å². The second-order valence-corrected chi connectivity index (χ2v) is 4.92. The number of anilines is 1. The van der Waals surface area contributed by atoms with Gasteiger partial charge >= 0.3 is 0 Å². The average Bonchev–Trinajstić information content (AvgIpc) is 2.87. The average molecular weight is 265 g/mol. The fourth-order valence-corrected chi connectivity index (χ4v) is 2.80. The van der Waals surface area contributed by atoms with Crippen molar-refractivity contribution in [1.82, 2.24) is 9.88 Å². The van der Waals surface area contributed by atoms with E-state index >= 15 is 0 Å². The molecular formula is C12H15N3O2S. The summed E-state index contributed by atoms with van der Waals surface area (Å²) in [5, 5.41) is 5.22. The van der Waals surface area contributed by atoms with E-state index in [1.165, 1.54) is 22.8 Å². The van der Waals surface area contributed by atoms with Gasteiger partial charge in [0.2, 0.25) is 5.91 Å². The highest BCUT2D eigenvalue weighted by Crippen LogP contribution is 2.32. The molecule has 0 saturated heterocycles. The molecule has 2 heterocycles. The van der Waals surface area contributed by atoms with Gasteiger partial charge in [-0.05, 0) is 6.42 Å². The molecule has 0 aliphatic heterocycles. The first-order valence-corrected chi connectivity index (χ1v) is 6.61. The highest BCUT2D eigenvalue weighted by molar-refractivity contribution is 7.17. The minimum Gasteiger partial charge on any atom is -0.397 e. The Kier molecular flexibility index (Phi) is 3.38. The molecule has 0 unspecified atom stereocenters. The molecule has 2 aromatic rings. The summed E-state index contributed by atoms with van der Waals surface area (Å²) in [6.07, 6.45) is 2.42. The predicted octanol–water partition coefficient (Wildman–Crippen LogP) is 2.08. The molecule has 3 N–H and O–H groups in total. The van der Waals surface area contributed by atoms with Gasteiger partial charge in [-0.15, -0.1) is 11.3 Å². The van der Waals surface area contributed by atoms with Crippen LogP contribution in [0.3, 0.4) is 0 Å². The molecule has 0 radical (unpaired) electrons. The maximum atomic E-state index is 12.0. The van der Waals surface area contributed by atoms with Crippen LogP contribution in [0.4, 0.5) is 5.69 Å². The monoisotopic (exact) mass is 265 g/mol. The number of hydrogen-bond donors (Lipinski definition) is 2. The van der Waals surface area contributed by atoms with Crippen molar-refractivity contribution in [3.05, 3.63) is 17.1 Å². The van der Waals surface area contributed by atoms with Crippen molar-refractivity contribution in [3.8, 4) is 0 Å². The Morgan fingerprint density at radius 2 is 2.22 bits per heavy atom. The van der Waals surface area contributed by atoms with E-state index in [2.05, 4.69) is 5.32 Å². The highest BCUT2D eigenvalue weighted by Gasteiger charge is 2.19. The van der Waals surface area contributed by atoms with Crippen LogP contribution in [-0.4, -0.2) is 22.9 Å². The first kappa shape index (κ1) is 12.6. The molecule has 18 heavy (non-hydrogen) atoms. The lowest BCUT2D eigenvalue weighted by Gasteiger charge is -2.01. The third-order valence-electron chi connectivity index (χ3n) is 2.67. The summed E-state index contributed by atoms with van der Waals surface area (Å²) in [4.78, 5) is 24.3. The van der Waals surface area contributed by atoms with E-state index in [1.54, 1.807) is 11.6 Å². The van der Waals surface area contributed by atoms with E-state index in [9.17, 15) is 9.59 Å². The summed E-state index contributed by atoms with van der Waals surface area (Å²) >= 11 is 1.37. The van der Waals surface area contributed by atoms with Crippen LogP contribution in [-0.2, 0) is 0 Å². The van der Waals surface area contributed by atoms with Crippen LogP contribution in [0, 0.1) is 0 Å². The van der Waals surface area contributed by atoms with Gasteiger partial charge < -0.3 is 11.1 Å². The quantitative estimate of drug-likeness (QED) is 0.892. The summed E-state index contributed by atoms with van der Waals surface area (Å²) in [6.45, 7) is 4.05. The van der Waals surface area contributed by atoms with Gasteiger partial charge in [0.15, 0.2) is 0 Å². The summed E-state index contributed by atoms with van der Waals surface area (Å²) in [7, 11) is 0. The summed E-state index contributed by atoms with van der Waals surface area (Å²) < 4.78 is 1.47. The van der Waals surface area contributed by atoms with Gasteiger partial charge in [-0.1, -0.05) is 6.92 Å². The van der Waals surface area contributed by atoms with E-state index in [0.29, 0.717) is 23.2 Å². The summed E-state index contributed by atoms with van der Waals surface area (Å²) in [6, 6.07) is 0. The lowest BCUT2D eigenvalue weighted by atomic mass is 10.2. The van der Waals surface area contributed by atoms with E-state index in [4.69, 9.17) is 5.73 Å². The molecule has 96 valence electrons. The number of amides is 1. The number of nitrogens with two attached hydrogens (primary N) is 1. The maximum Gasteiger partial charge on any atom is 0.253 e. The van der Waals surface area contributed by atoms with Crippen molar-refractivity contribution < 1.29 is 9.59 Å². The van der Waals surface area contributed by atoms with Crippen LogP contribution < -0.4 is 11.1 Å². The molecule has 5 nitrogen and oxygen atoms in total. The van der Waals surface area contributed by atoms with Crippen LogP contribution in [0.2, 0.25) is 0 Å². The second kappa shape index (κ2) is 4.81. The molecule has 0 saturated carbocycles. The van der Waals surface area contributed by atoms with Gasteiger partial charge in [0.25, 0.3) is 5.91 Å². The fraction of sp³-hybridized carbons (Fsp3) is 0.333. The minimum absolute atomic E-state index is 0.128. The molecule has 0 aromatic carbocycles. The van der Waals surface area contributed by atoms with E-state index < -0.39 is 0 Å². The summed E-state index contributed by atoms with van der Waals surface area (Å²) in [5.41, 5.74) is 6.87. The Balaban J connectivity index is 2.53. The Morgan fingerprint density at radius 3 is 2.83 bits per heavy atom. The number of nitrogens with one attached hydrogen (secondary N) is 1. The third kappa shape index (κ3) is 1.99. The minimum atomic E-state index is -0.188. The van der Waals surface area contributed by atoms with Gasteiger partial charge in [-0.25, -0.2) is 0 Å². The number of fused-ring (bicyclic) bond motifs is 1. The normalized spacial score (nSPS) is 10.8. The number of nitrogen functional groups attached to an aromatic ring is 1. The molecular weight excluding hydrogens is 250 g/mol. The molecule has 2 aromatic heterocycles. The molecule has 0 aliphatic carbocycles. The third-order valence-corrected chi connectivity index (χ3v) is 3.66. The zero-order chi connectivity index (χ0) is 13.3. The van der Waals surface area contributed by atoms with Crippen molar-refractivity contribution in [2.45, 2.75) is 20.3 Å². The van der Waals surface area contributed by atoms with Gasteiger partial charge in [0.1, 0.15) is 4.83 Å². The molecule has 2 rings (SSSR count). The predicted molar refractivity (Wildman–Crippen MR) is 73.2 cm³/mol. The standard InChI is InChI=1S/C12H15N3O2S/c1-3-4-14-11(17)8-5-15(7(2)16)12-10(8)9(13)6-18-12/h5-6H,3-4,13H2,1-2H3,(H,14,17). The number of carbonyl (C=O) groups excluding carboxylic acids is 2. The van der Waals surface area contributed by atoms with Gasteiger partial charge in [0, 0.05) is 30.4 Å². The first-order chi connectivity index (χ1) is 8.56. The van der Waals surface area contributed by atoms with Crippen LogP contribution >= 0.6 is 11.3 Å². The SMILES string of the molecule is CCCNC(=O)c1cn(C(C)=O)c2scc(N)c12. The van der Waals surface area contributed by atoms with Gasteiger partial charge in [0.05, 0.1) is 11.3 Å². The molecule has 0 aliphatic rings. The highest BCUT2D eigenvalue weighted by atomic mass is 32.1. The van der Waals surface area contributed by atoms with Gasteiger partial charge in [-0.3, -0.25) is 14.2 Å². The van der Waals surface area contributed by atoms with E-state index in [0.717, 1.165) is 11.3 Å². The van der Waals surface area contributed by atoms with Crippen LogP contribution in [0.1, 0.15) is 35.4 Å². The maximum absolute atomic E-state index is 12.0. The van der Waals surface area contributed by atoms with E-state index in [-0.39, 0.29) is 11.8 Å². The number of hydrogen-bond acceptors (Lipinski definition) is 4. The van der Waals surface area contributed by atoms with Crippen molar-refractivity contribution in [3.63, 3.8) is 0 Å². The number of carbonyl (C=O) groups is 2. The zero-order valence-electron chi connectivity index (χ0n) is 10.3. The van der Waals surface area contributed by atoms with Crippen molar-refractivity contribution >= 4 is 39.1 Å². The number of rotatable bonds is 3. The van der Waals surface area contributed by atoms with Crippen LogP contribution in [0.15, 0.2) is 11.6 Å². The lowest BCUT2D eigenvalue weighted by molar-refractivity contribution is 0.0942. The zero-order valence-corrected chi connectivity index (χ0v) is 11.1. The lowest BCUT2D eigenvalue weighted by Crippen LogP contribution is -2.23. The van der Waals surface area contributed by atoms with Crippen molar-refractivity contribution in [2.75, 3.05) is 12.3 Å². The largest absolute Gasteiger partial charge is 0.397 e. The van der Waals surface area contributed by atoms with Crippen molar-refractivity contribution in [1.29, 1.82) is 0 Å². The molecule has 0 atom stereocenters. The molecule has 6 heteroatoms. The van der Waals surface area contributed by atoms with Crippen molar-refractivity contribution in [2.24, 2.45) is 0 Å². The Hall–Kier alpha value is -1.82. The molecule has 1 amide bonds. The Morgan fingerprint density at radius 1 is 1.50 bits per heavy atom. The molecule has 0 fully saturated rings. The first-order valence-electron chi connectivity index (χ1n) is 5.73. The van der Waals surface area contributed by atoms with Crippen LogP contribution in [0.5, 0.6) is 0 Å². The molecule has 0 bridgehead atoms. The molecule has 0 spiro atoms. The summed E-state index contributed by atoms with van der Waals surface area (Å²) in [5.74, 6) is -0.316. The Bertz CT molecular complexity index is 612. The fourth-order valence-electron chi connectivity index (χ4n) is 1.80. The number of aromatic nitrogens is 1. The van der Waals surface area contributed by atoms with Crippen LogP contribution in [0.25, 0.3) is 10.2 Å². The number of nitrogens with zero attached hydrogens (tertiary/aromatic N) is 1. The topological polar surface area (TPSA) is 77.1 Å². The van der Waals surface area contributed by atoms with Gasteiger partial charge in [-0.2, -0.15) is 0 Å².